The van der Waals surface area contributed by atoms with Gasteiger partial charge in [-0.3, -0.25) is 9.59 Å². The van der Waals surface area contributed by atoms with Gasteiger partial charge < -0.3 is 15.5 Å². The number of carbonyl (C=O) groups excluding carboxylic acids is 2. The van der Waals surface area contributed by atoms with Crippen LogP contribution in [0.1, 0.15) is 31.2 Å². The summed E-state index contributed by atoms with van der Waals surface area (Å²) in [5.74, 6) is 0.689. The highest BCUT2D eigenvalue weighted by Crippen LogP contribution is 2.27. The average molecular weight is 366 g/mol. The van der Waals surface area contributed by atoms with Gasteiger partial charge >= 0.3 is 0 Å². The van der Waals surface area contributed by atoms with Crippen LogP contribution in [-0.2, 0) is 16.0 Å². The van der Waals surface area contributed by atoms with Crippen molar-refractivity contribution in [2.75, 3.05) is 26.2 Å². The Labute approximate surface area is 155 Å². The molecule has 1 aliphatic heterocycles. The van der Waals surface area contributed by atoms with Crippen LogP contribution in [-0.4, -0.2) is 53.8 Å². The molecule has 2 fully saturated rings. The van der Waals surface area contributed by atoms with Crippen LogP contribution < -0.4 is 5.73 Å². The van der Waals surface area contributed by atoms with Crippen molar-refractivity contribution in [3.8, 4) is 0 Å². The second kappa shape index (κ2) is 9.20. The molecule has 0 radical (unpaired) electrons. The monoisotopic (exact) mass is 365 g/mol. The Balaban J connectivity index is 0.00000225. The average Bonchev–Trinajstić information content (AvgIpc) is 3.00. The Kier molecular flexibility index (Phi) is 7.26. The maximum atomic E-state index is 12.4. The summed E-state index contributed by atoms with van der Waals surface area (Å²) in [6, 6.07) is 9.99. The van der Waals surface area contributed by atoms with Gasteiger partial charge in [-0.15, -0.1) is 12.4 Å². The lowest BCUT2D eigenvalue weighted by molar-refractivity contribution is -0.139. The van der Waals surface area contributed by atoms with Crippen molar-refractivity contribution in [2.45, 2.75) is 38.1 Å². The summed E-state index contributed by atoms with van der Waals surface area (Å²) < 4.78 is 0. The number of hydrogen-bond donors (Lipinski definition) is 1. The van der Waals surface area contributed by atoms with Crippen molar-refractivity contribution in [2.24, 2.45) is 11.7 Å². The van der Waals surface area contributed by atoms with Gasteiger partial charge in [0.25, 0.3) is 0 Å². The molecule has 25 heavy (non-hydrogen) atoms. The number of carbonyl (C=O) groups is 2. The Morgan fingerprint density at radius 3 is 2.12 bits per heavy atom. The van der Waals surface area contributed by atoms with Gasteiger partial charge in [0, 0.05) is 38.6 Å². The summed E-state index contributed by atoms with van der Waals surface area (Å²) >= 11 is 0. The first-order valence-corrected chi connectivity index (χ1v) is 8.98. The van der Waals surface area contributed by atoms with Crippen molar-refractivity contribution in [3.63, 3.8) is 0 Å². The van der Waals surface area contributed by atoms with E-state index in [-0.39, 0.29) is 30.3 Å². The molecule has 0 aromatic heterocycles. The predicted molar refractivity (Wildman–Crippen MR) is 100 cm³/mol. The number of amides is 2. The Bertz CT molecular complexity index is 573. The van der Waals surface area contributed by atoms with Crippen molar-refractivity contribution in [3.05, 3.63) is 35.9 Å². The zero-order valence-corrected chi connectivity index (χ0v) is 15.4. The summed E-state index contributed by atoms with van der Waals surface area (Å²) in [7, 11) is 0. The van der Waals surface area contributed by atoms with E-state index in [2.05, 4.69) is 0 Å². The molecular formula is C19H28ClN3O2. The number of benzene rings is 1. The van der Waals surface area contributed by atoms with Crippen LogP contribution in [0.5, 0.6) is 0 Å². The Morgan fingerprint density at radius 1 is 0.960 bits per heavy atom. The van der Waals surface area contributed by atoms with E-state index >= 15 is 0 Å². The second-order valence-corrected chi connectivity index (χ2v) is 6.98. The number of hydrogen-bond acceptors (Lipinski definition) is 3. The van der Waals surface area contributed by atoms with Crippen LogP contribution >= 0.6 is 12.4 Å². The predicted octanol–water partition coefficient (Wildman–Crippen LogP) is 1.84. The summed E-state index contributed by atoms with van der Waals surface area (Å²) in [5.41, 5.74) is 7.11. The molecular weight excluding hydrogens is 338 g/mol. The molecule has 2 atom stereocenters. The lowest BCUT2D eigenvalue weighted by Crippen LogP contribution is -2.51. The topological polar surface area (TPSA) is 66.6 Å². The lowest BCUT2D eigenvalue weighted by atomic mass is 9.99. The number of nitrogens with two attached hydrogens (primary N) is 1. The molecule has 2 N–H and O–H groups in total. The first-order chi connectivity index (χ1) is 11.6. The molecule has 1 aliphatic carbocycles. The minimum Gasteiger partial charge on any atom is -0.339 e. The fraction of sp³-hybridized carbons (Fsp3) is 0.579. The van der Waals surface area contributed by atoms with Crippen LogP contribution in [0.25, 0.3) is 0 Å². The lowest BCUT2D eigenvalue weighted by Gasteiger charge is -2.35. The summed E-state index contributed by atoms with van der Waals surface area (Å²) in [4.78, 5) is 28.6. The highest BCUT2D eigenvalue weighted by molar-refractivity contribution is 5.85. The van der Waals surface area contributed by atoms with Crippen molar-refractivity contribution in [1.29, 1.82) is 0 Å². The number of nitrogens with zero attached hydrogens (tertiary/aromatic N) is 2. The Hall–Kier alpha value is -1.59. The van der Waals surface area contributed by atoms with Gasteiger partial charge in [-0.05, 0) is 24.3 Å². The van der Waals surface area contributed by atoms with Crippen molar-refractivity contribution in [1.82, 2.24) is 9.80 Å². The van der Waals surface area contributed by atoms with Crippen molar-refractivity contribution >= 4 is 24.2 Å². The maximum Gasteiger partial charge on any atom is 0.227 e. The van der Waals surface area contributed by atoms with E-state index in [1.165, 1.54) is 0 Å². The van der Waals surface area contributed by atoms with Gasteiger partial charge in [-0.25, -0.2) is 0 Å². The number of piperazine rings is 1. The van der Waals surface area contributed by atoms with Crippen LogP contribution in [0.2, 0.25) is 0 Å². The summed E-state index contributed by atoms with van der Waals surface area (Å²) in [5, 5.41) is 0. The largest absolute Gasteiger partial charge is 0.339 e. The SMILES string of the molecule is Cl.N[C@@H]1CCC[C@H]1CC(=O)N1CCN(C(=O)Cc2ccccc2)CC1. The molecule has 2 aliphatic rings. The summed E-state index contributed by atoms with van der Waals surface area (Å²) in [6.45, 7) is 2.55. The van der Waals surface area contributed by atoms with E-state index in [9.17, 15) is 9.59 Å². The molecule has 3 rings (SSSR count). The summed E-state index contributed by atoms with van der Waals surface area (Å²) in [6.07, 6.45) is 4.26. The van der Waals surface area contributed by atoms with Crippen LogP contribution in [0.15, 0.2) is 30.3 Å². The minimum absolute atomic E-state index is 0. The maximum absolute atomic E-state index is 12.4. The van der Waals surface area contributed by atoms with E-state index in [1.807, 2.05) is 40.1 Å². The number of halogens is 1. The number of rotatable bonds is 4. The smallest absolute Gasteiger partial charge is 0.227 e. The van der Waals surface area contributed by atoms with Crippen LogP contribution in [0.4, 0.5) is 0 Å². The first kappa shape index (κ1) is 19.7. The minimum atomic E-state index is 0. The molecule has 2 amide bonds. The standard InChI is InChI=1S/C19H27N3O2.ClH/c20-17-8-4-7-16(17)14-19(24)22-11-9-21(10-12-22)18(23)13-15-5-2-1-3-6-15;/h1-3,5-6,16-17H,4,7-14,20H2;1H/t16-,17+;/m0./s1. The van der Waals surface area contributed by atoms with E-state index in [1.54, 1.807) is 0 Å². The third-order valence-corrected chi connectivity index (χ3v) is 5.34. The van der Waals surface area contributed by atoms with Gasteiger partial charge in [0.1, 0.15) is 0 Å². The first-order valence-electron chi connectivity index (χ1n) is 8.98. The molecule has 0 bridgehead atoms. The highest BCUT2D eigenvalue weighted by Gasteiger charge is 2.30. The van der Waals surface area contributed by atoms with Gasteiger partial charge in [-0.1, -0.05) is 36.8 Å². The molecule has 1 saturated heterocycles. The van der Waals surface area contributed by atoms with Gasteiger partial charge in [0.2, 0.25) is 11.8 Å². The van der Waals surface area contributed by atoms with Gasteiger partial charge in [-0.2, -0.15) is 0 Å². The molecule has 1 aromatic rings. The van der Waals surface area contributed by atoms with E-state index in [0.29, 0.717) is 44.9 Å². The third-order valence-electron chi connectivity index (χ3n) is 5.34. The normalized spacial score (nSPS) is 23.2. The molecule has 138 valence electrons. The fourth-order valence-corrected chi connectivity index (χ4v) is 3.76. The molecule has 5 nitrogen and oxygen atoms in total. The quantitative estimate of drug-likeness (QED) is 0.885. The zero-order valence-electron chi connectivity index (χ0n) is 14.6. The van der Waals surface area contributed by atoms with Crippen molar-refractivity contribution < 1.29 is 9.59 Å². The van der Waals surface area contributed by atoms with Crippen LogP contribution in [0.3, 0.4) is 0 Å². The third kappa shape index (κ3) is 5.19. The fourth-order valence-electron chi connectivity index (χ4n) is 3.76. The molecule has 6 heteroatoms. The second-order valence-electron chi connectivity index (χ2n) is 6.98. The van der Waals surface area contributed by atoms with Gasteiger partial charge in [0.05, 0.1) is 6.42 Å². The highest BCUT2D eigenvalue weighted by atomic mass is 35.5. The van der Waals surface area contributed by atoms with E-state index in [0.717, 1.165) is 24.8 Å². The molecule has 0 spiro atoms. The van der Waals surface area contributed by atoms with Crippen LogP contribution in [0, 0.1) is 5.92 Å². The molecule has 0 unspecified atom stereocenters. The molecule has 1 saturated carbocycles. The van der Waals surface area contributed by atoms with Gasteiger partial charge in [0.15, 0.2) is 0 Å². The molecule has 1 heterocycles. The van der Waals surface area contributed by atoms with E-state index in [4.69, 9.17) is 5.73 Å². The zero-order chi connectivity index (χ0) is 16.9. The van der Waals surface area contributed by atoms with E-state index < -0.39 is 0 Å². The molecule has 1 aromatic carbocycles. The Morgan fingerprint density at radius 2 is 1.56 bits per heavy atom.